The third-order valence-electron chi connectivity index (χ3n) is 4.38. The van der Waals surface area contributed by atoms with Crippen LogP contribution < -0.4 is 20.1 Å². The first-order valence-corrected chi connectivity index (χ1v) is 10.7. The summed E-state index contributed by atoms with van der Waals surface area (Å²) in [5.74, 6) is 0.167. The van der Waals surface area contributed by atoms with Crippen LogP contribution in [0.15, 0.2) is 48.2 Å². The van der Waals surface area contributed by atoms with E-state index in [1.54, 1.807) is 30.3 Å². The summed E-state index contributed by atoms with van der Waals surface area (Å²) >= 11 is 2.07. The van der Waals surface area contributed by atoms with Crippen LogP contribution in [0.2, 0.25) is 0 Å². The number of carbonyl (C=O) groups excluding carboxylic acids is 3. The van der Waals surface area contributed by atoms with Crippen molar-refractivity contribution in [3.8, 4) is 11.5 Å². The Labute approximate surface area is 193 Å². The summed E-state index contributed by atoms with van der Waals surface area (Å²) in [6.45, 7) is 2.07. The SMILES string of the molecule is CCCN1C(=O)N/C(=C/c2cc(I)c(OCC(=O)Nc3ccccc3)c(OC)c2)C1=O. The monoisotopic (exact) mass is 535 g/mol. The summed E-state index contributed by atoms with van der Waals surface area (Å²) in [6, 6.07) is 12.1. The Bertz CT molecular complexity index is 1020. The average Bonchev–Trinajstić information content (AvgIpc) is 3.01. The molecule has 0 aromatic heterocycles. The Morgan fingerprint density at radius 2 is 1.97 bits per heavy atom. The van der Waals surface area contributed by atoms with Gasteiger partial charge in [0, 0.05) is 12.2 Å². The maximum absolute atomic E-state index is 12.4. The molecule has 1 heterocycles. The van der Waals surface area contributed by atoms with E-state index in [0.717, 1.165) is 0 Å². The van der Waals surface area contributed by atoms with Crippen LogP contribution in [0, 0.1) is 3.57 Å². The van der Waals surface area contributed by atoms with Gasteiger partial charge < -0.3 is 20.1 Å². The van der Waals surface area contributed by atoms with Crippen LogP contribution in [0.5, 0.6) is 11.5 Å². The summed E-state index contributed by atoms with van der Waals surface area (Å²) in [4.78, 5) is 37.7. The number of ether oxygens (including phenoxy) is 2. The predicted molar refractivity (Wildman–Crippen MR) is 125 cm³/mol. The van der Waals surface area contributed by atoms with E-state index in [0.29, 0.717) is 39.3 Å². The van der Waals surface area contributed by atoms with Gasteiger partial charge in [0.1, 0.15) is 5.70 Å². The summed E-state index contributed by atoms with van der Waals surface area (Å²) in [7, 11) is 1.49. The summed E-state index contributed by atoms with van der Waals surface area (Å²) < 4.78 is 11.8. The van der Waals surface area contributed by atoms with Crippen molar-refractivity contribution in [3.63, 3.8) is 0 Å². The van der Waals surface area contributed by atoms with Crippen molar-refractivity contribution in [1.82, 2.24) is 10.2 Å². The quantitative estimate of drug-likeness (QED) is 0.306. The number of imide groups is 1. The summed E-state index contributed by atoms with van der Waals surface area (Å²) in [6.07, 6.45) is 2.27. The number of urea groups is 1. The largest absolute Gasteiger partial charge is 0.493 e. The van der Waals surface area contributed by atoms with Gasteiger partial charge in [-0.05, 0) is 64.9 Å². The van der Waals surface area contributed by atoms with E-state index in [9.17, 15) is 14.4 Å². The number of halogens is 1. The lowest BCUT2D eigenvalue weighted by Crippen LogP contribution is -2.31. The van der Waals surface area contributed by atoms with Gasteiger partial charge in [0.2, 0.25) is 0 Å². The zero-order valence-corrected chi connectivity index (χ0v) is 19.3. The molecule has 0 spiro atoms. The van der Waals surface area contributed by atoms with Crippen molar-refractivity contribution >= 4 is 52.2 Å². The zero-order valence-electron chi connectivity index (χ0n) is 17.1. The van der Waals surface area contributed by atoms with Crippen LogP contribution in [-0.2, 0) is 9.59 Å². The maximum atomic E-state index is 12.4. The fraction of sp³-hybridized carbons (Fsp3) is 0.227. The van der Waals surface area contributed by atoms with Crippen molar-refractivity contribution in [2.45, 2.75) is 13.3 Å². The normalized spacial score (nSPS) is 14.5. The molecule has 1 aliphatic heterocycles. The molecular formula is C22H22IN3O5. The van der Waals surface area contributed by atoms with Crippen LogP contribution >= 0.6 is 22.6 Å². The molecule has 0 radical (unpaired) electrons. The molecule has 3 rings (SSSR count). The standard InChI is InChI=1S/C22H22IN3O5/c1-3-9-26-21(28)17(25-22(26)29)11-14-10-16(23)20(18(12-14)30-2)31-13-19(27)24-15-7-5-4-6-8-15/h4-8,10-12H,3,9,13H2,1-2H3,(H,24,27)(H,25,29)/b17-11+. The molecule has 0 aliphatic carbocycles. The molecule has 0 atom stereocenters. The molecule has 162 valence electrons. The molecule has 8 nitrogen and oxygen atoms in total. The van der Waals surface area contributed by atoms with Crippen molar-refractivity contribution in [2.75, 3.05) is 25.6 Å². The Kier molecular flexibility index (Phi) is 7.50. The molecule has 1 aliphatic rings. The molecule has 0 unspecified atom stereocenters. The maximum Gasteiger partial charge on any atom is 0.329 e. The number of nitrogens with zero attached hydrogens (tertiary/aromatic N) is 1. The number of rotatable bonds is 8. The Hall–Kier alpha value is -3.08. The Balaban J connectivity index is 1.74. The lowest BCUT2D eigenvalue weighted by atomic mass is 10.1. The van der Waals surface area contributed by atoms with Gasteiger partial charge in [-0.2, -0.15) is 0 Å². The number of para-hydroxylation sites is 1. The minimum Gasteiger partial charge on any atom is -0.493 e. The van der Waals surface area contributed by atoms with E-state index in [2.05, 4.69) is 33.2 Å². The predicted octanol–water partition coefficient (Wildman–Crippen LogP) is 3.62. The van der Waals surface area contributed by atoms with Crippen molar-refractivity contribution in [1.29, 1.82) is 0 Å². The molecule has 31 heavy (non-hydrogen) atoms. The molecular weight excluding hydrogens is 513 g/mol. The number of methoxy groups -OCH3 is 1. The minimum absolute atomic E-state index is 0.192. The van der Waals surface area contributed by atoms with E-state index < -0.39 is 6.03 Å². The molecule has 2 N–H and O–H groups in total. The van der Waals surface area contributed by atoms with Crippen LogP contribution in [0.4, 0.5) is 10.5 Å². The number of anilines is 1. The second kappa shape index (κ2) is 10.3. The van der Waals surface area contributed by atoms with Gasteiger partial charge in [0.25, 0.3) is 11.8 Å². The van der Waals surface area contributed by atoms with Crippen molar-refractivity contribution < 1.29 is 23.9 Å². The van der Waals surface area contributed by atoms with Crippen molar-refractivity contribution in [2.24, 2.45) is 0 Å². The van der Waals surface area contributed by atoms with E-state index in [1.807, 2.05) is 25.1 Å². The van der Waals surface area contributed by atoms with E-state index >= 15 is 0 Å². The second-order valence-corrected chi connectivity index (χ2v) is 7.84. The first kappa shape index (κ1) is 22.6. The van der Waals surface area contributed by atoms with Crippen LogP contribution in [-0.4, -0.2) is 43.0 Å². The van der Waals surface area contributed by atoms with Gasteiger partial charge >= 0.3 is 6.03 Å². The van der Waals surface area contributed by atoms with Gasteiger partial charge in [-0.15, -0.1) is 0 Å². The number of hydrogen-bond acceptors (Lipinski definition) is 5. The minimum atomic E-state index is -0.427. The van der Waals surface area contributed by atoms with E-state index in [-0.39, 0.29) is 24.1 Å². The fourth-order valence-corrected chi connectivity index (χ4v) is 3.77. The van der Waals surface area contributed by atoms with Gasteiger partial charge in [-0.1, -0.05) is 25.1 Å². The van der Waals surface area contributed by atoms with Crippen LogP contribution in [0.1, 0.15) is 18.9 Å². The molecule has 0 saturated carbocycles. The number of amides is 4. The topological polar surface area (TPSA) is 97.0 Å². The lowest BCUT2D eigenvalue weighted by Gasteiger charge is -2.14. The molecule has 2 aromatic carbocycles. The highest BCUT2D eigenvalue weighted by Crippen LogP contribution is 2.34. The average molecular weight is 535 g/mol. The fourth-order valence-electron chi connectivity index (χ4n) is 2.98. The first-order valence-electron chi connectivity index (χ1n) is 9.62. The summed E-state index contributed by atoms with van der Waals surface area (Å²) in [5.41, 5.74) is 1.54. The van der Waals surface area contributed by atoms with E-state index in [1.165, 1.54) is 12.0 Å². The van der Waals surface area contributed by atoms with Gasteiger partial charge in [-0.25, -0.2) is 4.79 Å². The number of carbonyl (C=O) groups is 3. The number of benzene rings is 2. The molecule has 1 saturated heterocycles. The van der Waals surface area contributed by atoms with Crippen LogP contribution in [0.3, 0.4) is 0 Å². The Morgan fingerprint density at radius 3 is 2.65 bits per heavy atom. The van der Waals surface area contributed by atoms with Gasteiger partial charge in [0.05, 0.1) is 10.7 Å². The Morgan fingerprint density at radius 1 is 1.23 bits per heavy atom. The highest BCUT2D eigenvalue weighted by Gasteiger charge is 2.32. The third-order valence-corrected chi connectivity index (χ3v) is 5.18. The highest BCUT2D eigenvalue weighted by atomic mass is 127. The molecule has 1 fully saturated rings. The number of nitrogens with one attached hydrogen (secondary N) is 2. The second-order valence-electron chi connectivity index (χ2n) is 6.68. The third kappa shape index (κ3) is 5.54. The smallest absolute Gasteiger partial charge is 0.329 e. The lowest BCUT2D eigenvalue weighted by molar-refractivity contribution is -0.123. The van der Waals surface area contributed by atoms with Crippen molar-refractivity contribution in [3.05, 3.63) is 57.3 Å². The van der Waals surface area contributed by atoms with E-state index in [4.69, 9.17) is 9.47 Å². The van der Waals surface area contributed by atoms with Gasteiger partial charge in [-0.3, -0.25) is 14.5 Å². The highest BCUT2D eigenvalue weighted by molar-refractivity contribution is 14.1. The zero-order chi connectivity index (χ0) is 22.4. The first-order chi connectivity index (χ1) is 14.9. The molecule has 4 amide bonds. The molecule has 0 bridgehead atoms. The van der Waals surface area contributed by atoms with Crippen LogP contribution in [0.25, 0.3) is 6.08 Å². The summed E-state index contributed by atoms with van der Waals surface area (Å²) in [5, 5.41) is 5.35. The molecule has 9 heteroatoms. The number of hydrogen-bond donors (Lipinski definition) is 2. The molecule has 2 aromatic rings. The van der Waals surface area contributed by atoms with Gasteiger partial charge in [0.15, 0.2) is 18.1 Å².